The molecule has 4 heterocycles. The molecule has 5 aromatic rings. The van der Waals surface area contributed by atoms with Crippen molar-refractivity contribution in [1.29, 1.82) is 0 Å². The first-order valence-electron chi connectivity index (χ1n) is 15.8. The summed E-state index contributed by atoms with van der Waals surface area (Å²) in [7, 11) is 0. The zero-order valence-corrected chi connectivity index (χ0v) is 28.2. The highest BCUT2D eigenvalue weighted by Crippen LogP contribution is 2.40. The standard InChI is InChI=1S/C35H34Cl2N8O3/c1-35(2,3)29-17-31(45(29)21-18-38-43(19-21)15-16-46)40-34(47)39-27-12-13-28(24-8-5-4-7-23(24)27)48-22-11-14-30-41-42-33(44(30)20-22)32-25(36)9-6-10-26(32)37/h4-11,14,17-20,27-28,46H,12-13,15-16H2,1-3H3,(H,39,47)/p+1. The van der Waals surface area contributed by atoms with E-state index in [9.17, 15) is 9.90 Å². The fourth-order valence-electron chi connectivity index (χ4n) is 6.26. The van der Waals surface area contributed by atoms with Gasteiger partial charge in [-0.05, 0) is 48.2 Å². The number of carbonyl (C=O) groups excluding carboxylic acids is 1. The molecular formula is C35H35Cl2N8O3+. The number of hydrogen-bond donors (Lipinski definition) is 3. The van der Waals surface area contributed by atoms with Crippen molar-refractivity contribution >= 4 is 46.3 Å². The highest BCUT2D eigenvalue weighted by atomic mass is 35.5. The molecule has 0 saturated heterocycles. The molecule has 0 spiro atoms. The molecule has 7 rings (SSSR count). The lowest BCUT2D eigenvalue weighted by atomic mass is 9.85. The van der Waals surface area contributed by atoms with Crippen LogP contribution in [0.3, 0.4) is 0 Å². The van der Waals surface area contributed by atoms with Gasteiger partial charge in [0.1, 0.15) is 17.6 Å². The number of carbonyl (C=O) groups is 1. The highest BCUT2D eigenvalue weighted by molar-refractivity contribution is 6.39. The SMILES string of the molecule is CC(C)(C)C1=[N+](c2cnn(CCO)c2)C(NC(=O)NC2CCC(Oc3ccc4nnc(-c5c(Cl)cccc5Cl)n4c3)c3ccccc32)=C1. The number of benzene rings is 2. The van der Waals surface area contributed by atoms with E-state index < -0.39 is 0 Å². The molecule has 3 aromatic heterocycles. The molecule has 0 fully saturated rings. The summed E-state index contributed by atoms with van der Waals surface area (Å²) in [6.45, 7) is 6.75. The van der Waals surface area contributed by atoms with E-state index in [2.05, 4.69) is 46.7 Å². The molecule has 2 amide bonds. The molecule has 2 unspecified atom stereocenters. The van der Waals surface area contributed by atoms with Crippen molar-refractivity contribution in [3.63, 3.8) is 0 Å². The summed E-state index contributed by atoms with van der Waals surface area (Å²) in [6, 6.07) is 16.6. The van der Waals surface area contributed by atoms with Crippen molar-refractivity contribution < 1.29 is 19.2 Å². The number of amides is 2. The van der Waals surface area contributed by atoms with E-state index in [0.717, 1.165) is 22.5 Å². The summed E-state index contributed by atoms with van der Waals surface area (Å²) in [4.78, 5) is 13.4. The Labute approximate surface area is 287 Å². The minimum Gasteiger partial charge on any atom is -0.484 e. The fourth-order valence-corrected chi connectivity index (χ4v) is 6.82. The largest absolute Gasteiger partial charge is 0.484 e. The molecule has 0 radical (unpaired) electrons. The highest BCUT2D eigenvalue weighted by Gasteiger charge is 2.39. The number of nitrogens with one attached hydrogen (secondary N) is 2. The number of aromatic nitrogens is 5. The number of pyridine rings is 1. The molecule has 48 heavy (non-hydrogen) atoms. The first kappa shape index (κ1) is 31.9. The van der Waals surface area contributed by atoms with Crippen molar-refractivity contribution in [2.24, 2.45) is 5.41 Å². The van der Waals surface area contributed by atoms with Crippen LogP contribution in [0.2, 0.25) is 10.0 Å². The summed E-state index contributed by atoms with van der Waals surface area (Å²) < 4.78 is 12.1. The Morgan fingerprint density at radius 1 is 1.02 bits per heavy atom. The van der Waals surface area contributed by atoms with Gasteiger partial charge in [-0.25, -0.2) is 4.79 Å². The summed E-state index contributed by atoms with van der Waals surface area (Å²) >= 11 is 13.0. The summed E-state index contributed by atoms with van der Waals surface area (Å²) in [5, 5.41) is 29.5. The zero-order valence-electron chi connectivity index (χ0n) is 26.7. The Hall–Kier alpha value is -4.71. The second-order valence-corrected chi connectivity index (χ2v) is 13.7. The summed E-state index contributed by atoms with van der Waals surface area (Å²) in [5.74, 6) is 1.82. The van der Waals surface area contributed by atoms with Gasteiger partial charge in [-0.3, -0.25) is 9.08 Å². The topological polar surface area (TPSA) is 122 Å². The van der Waals surface area contributed by atoms with Crippen LogP contribution >= 0.6 is 23.2 Å². The fraction of sp³-hybridized carbons (Fsp3) is 0.286. The van der Waals surface area contributed by atoms with Gasteiger partial charge >= 0.3 is 6.03 Å². The van der Waals surface area contributed by atoms with Crippen LogP contribution in [0.25, 0.3) is 17.0 Å². The average molecular weight is 687 g/mol. The van der Waals surface area contributed by atoms with Crippen molar-refractivity contribution in [2.75, 3.05) is 6.61 Å². The average Bonchev–Trinajstić information content (AvgIpc) is 3.66. The molecule has 2 aromatic carbocycles. The number of allylic oxidation sites excluding steroid dienone is 1. The number of ether oxygens (including phenoxy) is 1. The van der Waals surface area contributed by atoms with Gasteiger partial charge < -0.3 is 15.2 Å². The van der Waals surface area contributed by atoms with E-state index in [1.807, 2.05) is 63.8 Å². The number of aliphatic hydroxyl groups is 1. The molecule has 0 bridgehead atoms. The van der Waals surface area contributed by atoms with Gasteiger partial charge in [0.25, 0.3) is 5.82 Å². The smallest absolute Gasteiger partial charge is 0.407 e. The third-order valence-corrected chi connectivity index (χ3v) is 9.18. The number of aliphatic hydroxyl groups excluding tert-OH is 1. The lowest BCUT2D eigenvalue weighted by Gasteiger charge is -2.32. The molecule has 11 nitrogen and oxygen atoms in total. The van der Waals surface area contributed by atoms with Crippen molar-refractivity contribution in [2.45, 2.75) is 52.3 Å². The molecular weight excluding hydrogens is 651 g/mol. The van der Waals surface area contributed by atoms with E-state index in [4.69, 9.17) is 27.9 Å². The monoisotopic (exact) mass is 685 g/mol. The van der Waals surface area contributed by atoms with E-state index in [-0.39, 0.29) is 30.2 Å². The van der Waals surface area contributed by atoms with E-state index in [0.29, 0.717) is 58.0 Å². The zero-order chi connectivity index (χ0) is 33.6. The molecule has 2 atom stereocenters. The Morgan fingerprint density at radius 2 is 1.79 bits per heavy atom. The number of fused-ring (bicyclic) bond motifs is 2. The van der Waals surface area contributed by atoms with Gasteiger partial charge in [0.05, 0.1) is 59.5 Å². The van der Waals surface area contributed by atoms with Crippen LogP contribution < -0.4 is 15.4 Å². The van der Waals surface area contributed by atoms with Gasteiger partial charge in [0, 0.05) is 5.41 Å². The van der Waals surface area contributed by atoms with Crippen LogP contribution in [0.15, 0.2) is 85.1 Å². The lowest BCUT2D eigenvalue weighted by molar-refractivity contribution is -0.406. The van der Waals surface area contributed by atoms with Crippen LogP contribution in [0.5, 0.6) is 5.75 Å². The Balaban J connectivity index is 1.07. The number of hydrogen-bond acceptors (Lipinski definition) is 6. The van der Waals surface area contributed by atoms with Gasteiger partial charge in [-0.15, -0.1) is 10.2 Å². The third-order valence-electron chi connectivity index (χ3n) is 8.55. The number of nitrogens with zero attached hydrogens (tertiary/aromatic N) is 6. The maximum Gasteiger partial charge on any atom is 0.407 e. The molecule has 3 N–H and O–H groups in total. The Morgan fingerprint density at radius 3 is 2.54 bits per heavy atom. The molecule has 2 aliphatic rings. The van der Waals surface area contributed by atoms with Gasteiger partial charge in [0.15, 0.2) is 17.2 Å². The second kappa shape index (κ2) is 12.7. The Kier molecular flexibility index (Phi) is 8.44. The quantitative estimate of drug-likeness (QED) is 0.154. The minimum absolute atomic E-state index is 0.00770. The van der Waals surface area contributed by atoms with Crippen LogP contribution in [0.1, 0.15) is 56.9 Å². The third kappa shape index (κ3) is 6.05. The predicted molar refractivity (Wildman–Crippen MR) is 184 cm³/mol. The van der Waals surface area contributed by atoms with Gasteiger partial charge in [-0.1, -0.05) is 74.3 Å². The van der Waals surface area contributed by atoms with E-state index in [1.54, 1.807) is 29.1 Å². The van der Waals surface area contributed by atoms with Crippen LogP contribution in [-0.4, -0.2) is 52.4 Å². The maximum atomic E-state index is 13.4. The van der Waals surface area contributed by atoms with Gasteiger partial charge in [0.2, 0.25) is 0 Å². The normalized spacial score (nSPS) is 17.5. The molecule has 246 valence electrons. The van der Waals surface area contributed by atoms with Crippen molar-refractivity contribution in [3.05, 3.63) is 106 Å². The summed E-state index contributed by atoms with van der Waals surface area (Å²) in [6.07, 6.45) is 8.57. The van der Waals surface area contributed by atoms with Crippen LogP contribution in [-0.2, 0) is 6.54 Å². The number of rotatable bonds is 8. The van der Waals surface area contributed by atoms with Crippen LogP contribution in [0, 0.1) is 5.41 Å². The van der Waals surface area contributed by atoms with Gasteiger partial charge in [-0.2, -0.15) is 15.0 Å². The van der Waals surface area contributed by atoms with Crippen molar-refractivity contribution in [3.8, 4) is 17.1 Å². The number of halogens is 2. The molecule has 13 heteroatoms. The molecule has 0 saturated carbocycles. The van der Waals surface area contributed by atoms with Crippen LogP contribution in [0.4, 0.5) is 10.5 Å². The first-order chi connectivity index (χ1) is 23.1. The van der Waals surface area contributed by atoms with E-state index >= 15 is 0 Å². The first-order valence-corrected chi connectivity index (χ1v) is 16.5. The lowest BCUT2D eigenvalue weighted by Crippen LogP contribution is -2.46. The summed E-state index contributed by atoms with van der Waals surface area (Å²) in [5.41, 5.74) is 4.97. The molecule has 1 aliphatic carbocycles. The second-order valence-electron chi connectivity index (χ2n) is 12.9. The maximum absolute atomic E-state index is 13.4. The Bertz CT molecular complexity index is 2070. The predicted octanol–water partition coefficient (Wildman–Crippen LogP) is 6.83. The minimum atomic E-state index is -0.301. The van der Waals surface area contributed by atoms with E-state index in [1.165, 1.54) is 0 Å². The van der Waals surface area contributed by atoms with Crippen molar-refractivity contribution in [1.82, 2.24) is 35.0 Å². The number of urea groups is 1. The molecule has 1 aliphatic heterocycles.